The average Bonchev–Trinajstić information content (AvgIpc) is 3.38. The van der Waals surface area contributed by atoms with Crippen molar-refractivity contribution in [2.75, 3.05) is 39.1 Å². The smallest absolute Gasteiger partial charge is 0.251 e. The highest BCUT2D eigenvalue weighted by molar-refractivity contribution is 5.97. The Bertz CT molecular complexity index is 1080. The van der Waals surface area contributed by atoms with Gasteiger partial charge < -0.3 is 25.5 Å². The molecule has 4 rings (SSSR count). The summed E-state index contributed by atoms with van der Waals surface area (Å²) in [7, 11) is 6.44. The molecule has 2 unspecified atom stereocenters. The number of carbonyl (C=O) groups excluding carboxylic acids is 1. The van der Waals surface area contributed by atoms with Crippen LogP contribution in [0.5, 0.6) is 5.88 Å². The van der Waals surface area contributed by atoms with Gasteiger partial charge in [0.1, 0.15) is 0 Å². The number of piperidine rings is 1. The predicted octanol–water partition coefficient (Wildman–Crippen LogP) is 4.42. The van der Waals surface area contributed by atoms with Crippen LogP contribution in [0.15, 0.2) is 18.2 Å². The first-order valence-corrected chi connectivity index (χ1v) is 13.8. The van der Waals surface area contributed by atoms with Gasteiger partial charge in [-0.2, -0.15) is 0 Å². The van der Waals surface area contributed by atoms with Crippen LogP contribution in [-0.2, 0) is 6.54 Å². The zero-order valence-electron chi connectivity index (χ0n) is 23.5. The van der Waals surface area contributed by atoms with Gasteiger partial charge in [-0.1, -0.05) is 12.8 Å². The molecule has 2 fully saturated rings. The molecule has 0 spiro atoms. The molecule has 0 bridgehead atoms. The maximum absolute atomic E-state index is 13.6. The Morgan fingerprint density at radius 2 is 1.81 bits per heavy atom. The molecule has 202 valence electrons. The number of hydrogen-bond acceptors (Lipinski definition) is 6. The van der Waals surface area contributed by atoms with Gasteiger partial charge in [-0.25, -0.2) is 4.98 Å². The molecule has 2 aromatic rings. The maximum atomic E-state index is 13.6. The Morgan fingerprint density at radius 1 is 1.08 bits per heavy atom. The van der Waals surface area contributed by atoms with Crippen molar-refractivity contribution in [3.05, 3.63) is 51.7 Å². The molecule has 37 heavy (non-hydrogen) atoms. The van der Waals surface area contributed by atoms with Crippen LogP contribution >= 0.6 is 0 Å². The number of benzene rings is 1. The molecule has 1 aromatic heterocycles. The molecule has 2 atom stereocenters. The van der Waals surface area contributed by atoms with Gasteiger partial charge in [0.25, 0.3) is 5.91 Å². The molecule has 1 saturated carbocycles. The third kappa shape index (κ3) is 6.44. The van der Waals surface area contributed by atoms with Crippen molar-refractivity contribution < 1.29 is 9.90 Å². The number of aryl methyl sites for hydroxylation is 2. The second-order valence-corrected chi connectivity index (χ2v) is 11.5. The van der Waals surface area contributed by atoms with E-state index in [4.69, 9.17) is 0 Å². The minimum absolute atomic E-state index is 0.00881. The first kappa shape index (κ1) is 27.4. The van der Waals surface area contributed by atoms with Crippen LogP contribution < -0.4 is 15.5 Å². The van der Waals surface area contributed by atoms with Crippen molar-refractivity contribution in [1.82, 2.24) is 20.5 Å². The minimum atomic E-state index is -0.103. The molecule has 7 nitrogen and oxygen atoms in total. The highest BCUT2D eigenvalue weighted by atomic mass is 16.3. The number of likely N-dealkylation sites (N-methyl/N-ethyl adjacent to an activating group) is 1. The SMILES string of the molecule is Cc1cc(C)c(CNC(=O)c2cc(C3CCC(CN(C)C)NC3)cc(N(C)C3CCCC3)c2C)c(O)n1. The number of pyridine rings is 1. The van der Waals surface area contributed by atoms with E-state index in [9.17, 15) is 9.90 Å². The summed E-state index contributed by atoms with van der Waals surface area (Å²) in [5.41, 5.74) is 6.51. The van der Waals surface area contributed by atoms with Crippen LogP contribution in [0.3, 0.4) is 0 Å². The van der Waals surface area contributed by atoms with E-state index in [1.165, 1.54) is 36.9 Å². The van der Waals surface area contributed by atoms with Crippen LogP contribution in [0.1, 0.15) is 82.7 Å². The van der Waals surface area contributed by atoms with Crippen molar-refractivity contribution in [3.8, 4) is 5.88 Å². The number of hydrogen-bond donors (Lipinski definition) is 3. The van der Waals surface area contributed by atoms with E-state index in [1.54, 1.807) is 0 Å². The first-order chi connectivity index (χ1) is 17.6. The lowest BCUT2D eigenvalue weighted by atomic mass is 9.86. The summed E-state index contributed by atoms with van der Waals surface area (Å²) < 4.78 is 0. The Labute approximate surface area is 222 Å². The fourth-order valence-corrected chi connectivity index (χ4v) is 6.17. The zero-order chi connectivity index (χ0) is 26.7. The lowest BCUT2D eigenvalue weighted by Gasteiger charge is -2.34. The summed E-state index contributed by atoms with van der Waals surface area (Å²) >= 11 is 0. The predicted molar refractivity (Wildman–Crippen MR) is 151 cm³/mol. The first-order valence-electron chi connectivity index (χ1n) is 13.8. The fraction of sp³-hybridized carbons (Fsp3) is 0.600. The van der Waals surface area contributed by atoms with E-state index in [-0.39, 0.29) is 18.3 Å². The highest BCUT2D eigenvalue weighted by Gasteiger charge is 2.27. The Morgan fingerprint density at radius 3 is 2.43 bits per heavy atom. The highest BCUT2D eigenvalue weighted by Crippen LogP contribution is 2.35. The van der Waals surface area contributed by atoms with Crippen LogP contribution in [0, 0.1) is 20.8 Å². The normalized spacial score (nSPS) is 20.4. The molecule has 1 saturated heterocycles. The summed E-state index contributed by atoms with van der Waals surface area (Å²) in [6, 6.07) is 7.41. The number of anilines is 1. The van der Waals surface area contributed by atoms with Gasteiger partial charge in [-0.3, -0.25) is 4.79 Å². The Balaban J connectivity index is 1.60. The number of rotatable bonds is 8. The lowest BCUT2D eigenvalue weighted by Crippen LogP contribution is -2.44. The molecular formula is C30H45N5O2. The standard InChI is InChI=1S/C30H45N5O2/c1-19-13-20(2)33-30(37)27(19)17-32-29(36)26-14-23(22-11-12-24(31-16-22)18-34(4)5)15-28(21(26)3)35(6)25-9-7-8-10-25/h13-15,22,24-25,31H,7-12,16-18H2,1-6H3,(H,32,36)(H,33,37). The third-order valence-electron chi connectivity index (χ3n) is 8.35. The molecule has 2 aliphatic rings. The van der Waals surface area contributed by atoms with Gasteiger partial charge >= 0.3 is 0 Å². The van der Waals surface area contributed by atoms with E-state index >= 15 is 0 Å². The molecule has 2 heterocycles. The number of aromatic nitrogens is 1. The number of nitrogens with one attached hydrogen (secondary N) is 2. The van der Waals surface area contributed by atoms with E-state index < -0.39 is 0 Å². The van der Waals surface area contributed by atoms with Crippen molar-refractivity contribution in [2.24, 2.45) is 0 Å². The van der Waals surface area contributed by atoms with E-state index in [0.717, 1.165) is 48.3 Å². The van der Waals surface area contributed by atoms with Gasteiger partial charge in [0.15, 0.2) is 0 Å². The number of aromatic hydroxyl groups is 1. The molecule has 1 aromatic carbocycles. The summed E-state index contributed by atoms with van der Waals surface area (Å²) in [4.78, 5) is 22.4. The Kier molecular flexibility index (Phi) is 8.75. The molecular weight excluding hydrogens is 462 g/mol. The molecule has 7 heteroatoms. The van der Waals surface area contributed by atoms with Gasteiger partial charge in [-0.15, -0.1) is 0 Å². The molecule has 0 radical (unpaired) electrons. The number of nitrogens with zero attached hydrogens (tertiary/aromatic N) is 3. The number of amides is 1. The van der Waals surface area contributed by atoms with Crippen molar-refractivity contribution in [3.63, 3.8) is 0 Å². The van der Waals surface area contributed by atoms with Gasteiger partial charge in [0, 0.05) is 61.3 Å². The second-order valence-electron chi connectivity index (χ2n) is 11.5. The topological polar surface area (TPSA) is 80.7 Å². The molecule has 1 aliphatic heterocycles. The van der Waals surface area contributed by atoms with Gasteiger partial charge in [-0.05, 0) is 101 Å². The number of carbonyl (C=O) groups is 1. The summed E-state index contributed by atoms with van der Waals surface area (Å²) in [5, 5.41) is 17.2. The summed E-state index contributed by atoms with van der Waals surface area (Å²) in [6.45, 7) is 8.09. The third-order valence-corrected chi connectivity index (χ3v) is 8.35. The zero-order valence-corrected chi connectivity index (χ0v) is 23.5. The van der Waals surface area contributed by atoms with E-state index in [1.807, 2.05) is 19.9 Å². The van der Waals surface area contributed by atoms with Crippen LogP contribution in [-0.4, -0.2) is 67.2 Å². The summed E-state index contributed by atoms with van der Waals surface area (Å²) in [6.07, 6.45) is 7.20. The monoisotopic (exact) mass is 507 g/mol. The quantitative estimate of drug-likeness (QED) is 0.491. The van der Waals surface area contributed by atoms with Gasteiger partial charge in [0.05, 0.1) is 0 Å². The Hall–Kier alpha value is -2.64. The maximum Gasteiger partial charge on any atom is 0.251 e. The molecule has 1 aliphatic carbocycles. The van der Waals surface area contributed by atoms with Crippen LogP contribution in [0.2, 0.25) is 0 Å². The van der Waals surface area contributed by atoms with Crippen molar-refractivity contribution >= 4 is 11.6 Å². The van der Waals surface area contributed by atoms with Crippen LogP contribution in [0.25, 0.3) is 0 Å². The lowest BCUT2D eigenvalue weighted by molar-refractivity contribution is 0.0950. The minimum Gasteiger partial charge on any atom is -0.493 e. The molecule has 1 amide bonds. The van der Waals surface area contributed by atoms with Crippen LogP contribution in [0.4, 0.5) is 5.69 Å². The second kappa shape index (κ2) is 11.8. The molecule has 3 N–H and O–H groups in total. The fourth-order valence-electron chi connectivity index (χ4n) is 6.17. The van der Waals surface area contributed by atoms with Crippen molar-refractivity contribution in [1.29, 1.82) is 0 Å². The van der Waals surface area contributed by atoms with Gasteiger partial charge in [0.2, 0.25) is 5.88 Å². The summed E-state index contributed by atoms with van der Waals surface area (Å²) in [5.74, 6) is 0.272. The van der Waals surface area contributed by atoms with E-state index in [2.05, 4.69) is 65.6 Å². The largest absolute Gasteiger partial charge is 0.493 e. The van der Waals surface area contributed by atoms with E-state index in [0.29, 0.717) is 23.6 Å². The average molecular weight is 508 g/mol. The van der Waals surface area contributed by atoms with Crippen molar-refractivity contribution in [2.45, 2.75) is 83.8 Å².